The fraction of sp³-hybridized carbons (Fsp3) is 0.500. The van der Waals surface area contributed by atoms with Crippen LogP contribution in [0.15, 0.2) is 28.0 Å². The van der Waals surface area contributed by atoms with E-state index >= 15 is 0 Å². The molecule has 1 aromatic carbocycles. The first kappa shape index (κ1) is 15.4. The highest BCUT2D eigenvalue weighted by atomic mass is 32.2. The Kier molecular flexibility index (Phi) is 3.94. The van der Waals surface area contributed by atoms with E-state index < -0.39 is 19.9 Å². The van der Waals surface area contributed by atoms with Gasteiger partial charge in [0, 0.05) is 25.4 Å². The van der Waals surface area contributed by atoms with Gasteiger partial charge < -0.3 is 5.73 Å². The summed E-state index contributed by atoms with van der Waals surface area (Å²) in [4.78, 5) is 0.0414. The number of nitrogens with zero attached hydrogens (tertiary/aromatic N) is 1. The van der Waals surface area contributed by atoms with Crippen molar-refractivity contribution in [3.63, 3.8) is 0 Å². The summed E-state index contributed by atoms with van der Waals surface area (Å²) in [6.07, 6.45) is 1.67. The number of hydrogen-bond donors (Lipinski definition) is 1. The lowest BCUT2D eigenvalue weighted by atomic mass is 10.2. The predicted octanol–water partition coefficient (Wildman–Crippen LogP) is 0.120. The molecule has 1 unspecified atom stereocenters. The van der Waals surface area contributed by atoms with Crippen LogP contribution in [0.4, 0.5) is 0 Å². The molecule has 1 atom stereocenters. The second-order valence-corrected chi connectivity index (χ2v) is 9.03. The fourth-order valence-corrected chi connectivity index (χ4v) is 4.68. The monoisotopic (exact) mass is 318 g/mol. The van der Waals surface area contributed by atoms with Gasteiger partial charge in [0.25, 0.3) is 0 Å². The Balaban J connectivity index is 2.52. The standard InChI is InChI=1S/C12H18N2O4S2/c1-9-3-4-11(19(2,15)16)7-12(9)20(17,18)14-6-5-10(13)8-14/h3-4,7,10H,5-6,8,13H2,1-2H3. The molecule has 112 valence electrons. The molecule has 1 heterocycles. The number of nitrogens with two attached hydrogens (primary N) is 1. The van der Waals surface area contributed by atoms with Crippen molar-refractivity contribution in [2.75, 3.05) is 19.3 Å². The minimum absolute atomic E-state index is 0.00479. The van der Waals surface area contributed by atoms with Crippen molar-refractivity contribution in [2.45, 2.75) is 29.2 Å². The lowest BCUT2D eigenvalue weighted by molar-refractivity contribution is 0.472. The molecule has 20 heavy (non-hydrogen) atoms. The Labute approximate surface area is 119 Å². The molecule has 1 saturated heterocycles. The lowest BCUT2D eigenvalue weighted by Crippen LogP contribution is -2.32. The summed E-state index contributed by atoms with van der Waals surface area (Å²) in [5.41, 5.74) is 6.26. The summed E-state index contributed by atoms with van der Waals surface area (Å²) in [5.74, 6) is 0. The highest BCUT2D eigenvalue weighted by Gasteiger charge is 2.32. The lowest BCUT2D eigenvalue weighted by Gasteiger charge is -2.18. The summed E-state index contributed by atoms with van der Waals surface area (Å²) < 4.78 is 49.6. The predicted molar refractivity (Wildman–Crippen MR) is 75.6 cm³/mol. The maximum absolute atomic E-state index is 12.6. The molecule has 1 aliphatic heterocycles. The van der Waals surface area contributed by atoms with E-state index in [9.17, 15) is 16.8 Å². The van der Waals surface area contributed by atoms with Gasteiger partial charge in [-0.15, -0.1) is 0 Å². The third-order valence-corrected chi connectivity index (χ3v) is 6.51. The number of rotatable bonds is 3. The SMILES string of the molecule is Cc1ccc(S(C)(=O)=O)cc1S(=O)(=O)N1CCC(N)C1. The van der Waals surface area contributed by atoms with Gasteiger partial charge in [0.15, 0.2) is 9.84 Å². The maximum atomic E-state index is 12.6. The fourth-order valence-electron chi connectivity index (χ4n) is 2.20. The van der Waals surface area contributed by atoms with Crippen molar-refractivity contribution in [3.8, 4) is 0 Å². The normalized spacial score (nSPS) is 21.2. The van der Waals surface area contributed by atoms with Crippen molar-refractivity contribution >= 4 is 19.9 Å². The van der Waals surface area contributed by atoms with Gasteiger partial charge in [0.05, 0.1) is 9.79 Å². The van der Waals surface area contributed by atoms with Gasteiger partial charge in [-0.05, 0) is 31.0 Å². The van der Waals surface area contributed by atoms with Gasteiger partial charge in [0.1, 0.15) is 0 Å². The Bertz CT molecular complexity index is 726. The zero-order valence-corrected chi connectivity index (χ0v) is 13.0. The molecule has 0 saturated carbocycles. The molecule has 0 aromatic heterocycles. The van der Waals surface area contributed by atoms with E-state index in [1.807, 2.05) is 0 Å². The molecule has 2 N–H and O–H groups in total. The van der Waals surface area contributed by atoms with Gasteiger partial charge in [0.2, 0.25) is 10.0 Å². The zero-order valence-electron chi connectivity index (χ0n) is 11.4. The van der Waals surface area contributed by atoms with E-state index in [4.69, 9.17) is 5.73 Å². The molecule has 6 nitrogen and oxygen atoms in total. The van der Waals surface area contributed by atoms with E-state index in [-0.39, 0.29) is 22.4 Å². The van der Waals surface area contributed by atoms with Crippen LogP contribution in [0.1, 0.15) is 12.0 Å². The molecule has 1 aliphatic rings. The summed E-state index contributed by atoms with van der Waals surface area (Å²) in [6.45, 7) is 2.28. The van der Waals surface area contributed by atoms with E-state index in [1.54, 1.807) is 6.92 Å². The van der Waals surface area contributed by atoms with Crippen LogP contribution in [-0.2, 0) is 19.9 Å². The van der Waals surface area contributed by atoms with E-state index in [1.165, 1.54) is 22.5 Å². The van der Waals surface area contributed by atoms with Gasteiger partial charge in [-0.1, -0.05) is 6.07 Å². The molecule has 2 rings (SSSR count). The number of sulfonamides is 1. The molecule has 8 heteroatoms. The van der Waals surface area contributed by atoms with Gasteiger partial charge in [-0.25, -0.2) is 16.8 Å². The summed E-state index contributed by atoms with van der Waals surface area (Å²) in [5, 5.41) is 0. The van der Waals surface area contributed by atoms with Gasteiger partial charge in [-0.3, -0.25) is 0 Å². The largest absolute Gasteiger partial charge is 0.326 e. The molecule has 0 spiro atoms. The summed E-state index contributed by atoms with van der Waals surface area (Å²) in [6, 6.07) is 3.99. The summed E-state index contributed by atoms with van der Waals surface area (Å²) >= 11 is 0. The topological polar surface area (TPSA) is 97.5 Å². The van der Waals surface area contributed by atoms with E-state index in [2.05, 4.69) is 0 Å². The number of sulfone groups is 1. The van der Waals surface area contributed by atoms with Crippen molar-refractivity contribution in [2.24, 2.45) is 5.73 Å². The number of aryl methyl sites for hydroxylation is 1. The third kappa shape index (κ3) is 2.88. The Morgan fingerprint density at radius 2 is 1.90 bits per heavy atom. The first-order valence-electron chi connectivity index (χ1n) is 6.19. The first-order valence-corrected chi connectivity index (χ1v) is 9.52. The van der Waals surface area contributed by atoms with E-state index in [0.29, 0.717) is 18.5 Å². The van der Waals surface area contributed by atoms with Crippen LogP contribution in [0.25, 0.3) is 0 Å². The minimum atomic E-state index is -3.70. The van der Waals surface area contributed by atoms with Crippen LogP contribution in [-0.4, -0.2) is 46.5 Å². The van der Waals surface area contributed by atoms with Crippen molar-refractivity contribution in [1.29, 1.82) is 0 Å². The molecule has 1 aromatic rings. The molecule has 0 aliphatic carbocycles. The third-order valence-electron chi connectivity index (χ3n) is 3.39. The molecule has 0 amide bonds. The van der Waals surface area contributed by atoms with Crippen LogP contribution in [0.5, 0.6) is 0 Å². The average Bonchev–Trinajstić information content (AvgIpc) is 2.75. The van der Waals surface area contributed by atoms with Crippen LogP contribution >= 0.6 is 0 Å². The highest BCUT2D eigenvalue weighted by Crippen LogP contribution is 2.25. The van der Waals surface area contributed by atoms with E-state index in [0.717, 1.165) is 6.26 Å². The maximum Gasteiger partial charge on any atom is 0.243 e. The Morgan fingerprint density at radius 1 is 1.25 bits per heavy atom. The van der Waals surface area contributed by atoms with Crippen LogP contribution < -0.4 is 5.73 Å². The number of hydrogen-bond acceptors (Lipinski definition) is 5. The van der Waals surface area contributed by atoms with Crippen molar-refractivity contribution in [1.82, 2.24) is 4.31 Å². The minimum Gasteiger partial charge on any atom is -0.326 e. The second kappa shape index (κ2) is 5.10. The Morgan fingerprint density at radius 3 is 2.40 bits per heavy atom. The molecule has 0 bridgehead atoms. The van der Waals surface area contributed by atoms with Gasteiger partial charge in [-0.2, -0.15) is 4.31 Å². The quantitative estimate of drug-likeness (QED) is 0.853. The molecule has 0 radical (unpaired) electrons. The number of benzene rings is 1. The van der Waals surface area contributed by atoms with Gasteiger partial charge >= 0.3 is 0 Å². The van der Waals surface area contributed by atoms with Crippen LogP contribution in [0.3, 0.4) is 0 Å². The smallest absolute Gasteiger partial charge is 0.243 e. The van der Waals surface area contributed by atoms with Crippen LogP contribution in [0.2, 0.25) is 0 Å². The summed E-state index contributed by atoms with van der Waals surface area (Å²) in [7, 11) is -7.14. The molecule has 1 fully saturated rings. The second-order valence-electron chi connectivity index (χ2n) is 5.11. The first-order chi connectivity index (χ1) is 9.12. The molecular weight excluding hydrogens is 300 g/mol. The molecular formula is C12H18N2O4S2. The zero-order chi connectivity index (χ0) is 15.1. The average molecular weight is 318 g/mol. The van der Waals surface area contributed by atoms with Crippen LogP contribution in [0, 0.1) is 6.92 Å². The van der Waals surface area contributed by atoms with Crippen molar-refractivity contribution < 1.29 is 16.8 Å². The highest BCUT2D eigenvalue weighted by molar-refractivity contribution is 7.91. The van der Waals surface area contributed by atoms with Crippen molar-refractivity contribution in [3.05, 3.63) is 23.8 Å². The Hall–Kier alpha value is -0.960.